The normalized spacial score (nSPS) is 24.5. The van der Waals surface area contributed by atoms with Crippen LogP contribution in [0.25, 0.3) is 6.08 Å². The molecule has 3 N–H and O–H groups in total. The minimum absolute atomic E-state index is 0.0921. The molecule has 2 atom stereocenters. The molecule has 2 aliphatic carbocycles. The lowest BCUT2D eigenvalue weighted by Gasteiger charge is -2.24. The molecule has 11 heteroatoms. The fourth-order valence-electron chi connectivity index (χ4n) is 4.88. The van der Waals surface area contributed by atoms with Crippen molar-refractivity contribution < 1.29 is 23.1 Å². The van der Waals surface area contributed by atoms with Crippen molar-refractivity contribution in [1.82, 2.24) is 15.3 Å². The zero-order valence-corrected chi connectivity index (χ0v) is 21.8. The zero-order chi connectivity index (χ0) is 27.4. The van der Waals surface area contributed by atoms with Gasteiger partial charge in [-0.15, -0.1) is 0 Å². The Labute approximate surface area is 228 Å². The number of alkyl halides is 3. The molecule has 7 nitrogen and oxygen atoms in total. The molecule has 0 spiro atoms. The molecule has 0 bridgehead atoms. The molecule has 2 heterocycles. The maximum Gasteiger partial charge on any atom is 0.416 e. The van der Waals surface area contributed by atoms with Gasteiger partial charge in [0.25, 0.3) is 5.91 Å². The number of aliphatic hydroxyl groups is 1. The number of benzene rings is 1. The lowest BCUT2D eigenvalue weighted by atomic mass is 9.87. The van der Waals surface area contributed by atoms with Crippen LogP contribution >= 0.6 is 11.8 Å². The number of halogens is 3. The molecule has 1 aromatic heterocycles. The summed E-state index contributed by atoms with van der Waals surface area (Å²) < 4.78 is 38.9. The second kappa shape index (κ2) is 11.7. The average molecular weight is 556 g/mol. The Kier molecular flexibility index (Phi) is 8.18. The van der Waals surface area contributed by atoms with Gasteiger partial charge < -0.3 is 15.7 Å². The van der Waals surface area contributed by atoms with E-state index in [1.54, 1.807) is 24.4 Å². The Morgan fingerprint density at radius 1 is 1.21 bits per heavy atom. The van der Waals surface area contributed by atoms with Gasteiger partial charge in [0.15, 0.2) is 5.56 Å². The molecule has 1 saturated carbocycles. The van der Waals surface area contributed by atoms with Crippen LogP contribution in [0.5, 0.6) is 0 Å². The molecule has 3 aliphatic rings. The lowest BCUT2D eigenvalue weighted by Crippen LogP contribution is -2.27. The monoisotopic (exact) mass is 555 g/mol. The van der Waals surface area contributed by atoms with E-state index < -0.39 is 17.3 Å². The summed E-state index contributed by atoms with van der Waals surface area (Å²) in [5.41, 5.74) is 2.22. The first-order valence-electron chi connectivity index (χ1n) is 12.8. The summed E-state index contributed by atoms with van der Waals surface area (Å²) in [6.07, 6.45) is 6.76. The van der Waals surface area contributed by atoms with Crippen LogP contribution in [0.4, 0.5) is 19.1 Å². The number of aliphatic hydroxyl groups excluding tert-OH is 1. The maximum atomic E-state index is 13.0. The first-order valence-corrected chi connectivity index (χ1v) is 13.6. The quantitative estimate of drug-likeness (QED) is 0.408. The number of aliphatic imine (C=N–C) groups is 1. The van der Waals surface area contributed by atoms with E-state index in [0.717, 1.165) is 54.3 Å². The number of hydrogen-bond donors (Lipinski definition) is 3. The Bertz CT molecular complexity index is 1340. The number of anilines is 1. The van der Waals surface area contributed by atoms with Crippen LogP contribution in [-0.2, 0) is 11.3 Å². The van der Waals surface area contributed by atoms with Crippen LogP contribution in [0.2, 0.25) is 0 Å². The van der Waals surface area contributed by atoms with E-state index in [-0.39, 0.29) is 17.9 Å². The molecule has 1 aliphatic heterocycles. The minimum atomic E-state index is -4.32. The number of thioether (sulfide) groups is 1. The van der Waals surface area contributed by atoms with Crippen LogP contribution in [0.1, 0.15) is 54.8 Å². The standard InChI is InChI=1S/C28H28F3N5O2S/c29-28(30,31)19-7-5-17(6-8-19)23-4-2-1-3-18(23)16-33-20-9-11-21(12-10-20)34-26-32-14-13-22(35-26)15-24-25(37)36-27(38)39-24/h1-5,7-8,13-15,17,21,27,38H,6,9-12,16H2,(H,36,37)(H,32,34,35)/b24-15-,33-20?. The van der Waals surface area contributed by atoms with Gasteiger partial charge >= 0.3 is 6.18 Å². The van der Waals surface area contributed by atoms with Crippen molar-refractivity contribution in [3.05, 3.63) is 82.1 Å². The third-order valence-corrected chi connectivity index (χ3v) is 7.82. The maximum absolute atomic E-state index is 13.0. The van der Waals surface area contributed by atoms with Gasteiger partial charge in [-0.25, -0.2) is 9.97 Å². The number of nitrogens with one attached hydrogen (secondary N) is 2. The van der Waals surface area contributed by atoms with E-state index in [2.05, 4.69) is 20.6 Å². The van der Waals surface area contributed by atoms with Crippen molar-refractivity contribution in [2.45, 2.75) is 62.3 Å². The molecule has 1 aromatic carbocycles. The first-order chi connectivity index (χ1) is 18.7. The third kappa shape index (κ3) is 6.96. The van der Waals surface area contributed by atoms with Crippen molar-refractivity contribution >= 4 is 35.4 Å². The number of carbonyl (C=O) groups excluding carboxylic acids is 1. The number of nitrogens with zero attached hydrogens (tertiary/aromatic N) is 3. The second-order valence-corrected chi connectivity index (χ2v) is 10.7. The predicted octanol–water partition coefficient (Wildman–Crippen LogP) is 5.48. The van der Waals surface area contributed by atoms with Gasteiger partial charge in [-0.1, -0.05) is 54.3 Å². The minimum Gasteiger partial charge on any atom is -0.364 e. The summed E-state index contributed by atoms with van der Waals surface area (Å²) in [4.78, 5) is 25.9. The molecule has 0 radical (unpaired) electrons. The van der Waals surface area contributed by atoms with Gasteiger partial charge in [0.05, 0.1) is 22.7 Å². The smallest absolute Gasteiger partial charge is 0.364 e. The predicted molar refractivity (Wildman–Crippen MR) is 146 cm³/mol. The highest BCUT2D eigenvalue weighted by molar-refractivity contribution is 8.05. The van der Waals surface area contributed by atoms with E-state index in [1.165, 1.54) is 12.2 Å². The molecule has 1 amide bonds. The van der Waals surface area contributed by atoms with E-state index >= 15 is 0 Å². The molecule has 1 saturated heterocycles. The summed E-state index contributed by atoms with van der Waals surface area (Å²) in [5.74, 6) is 0.0615. The van der Waals surface area contributed by atoms with Crippen LogP contribution in [0.3, 0.4) is 0 Å². The van der Waals surface area contributed by atoms with Gasteiger partial charge in [-0.05, 0) is 55.4 Å². The SMILES string of the molecule is O=C1NC(O)S/C1=C\c1ccnc(NC2CCC(=NCc3ccccc3C3C=CC(C(F)(F)F)=CC3)CC2)n1. The highest BCUT2D eigenvalue weighted by atomic mass is 32.2. The van der Waals surface area contributed by atoms with E-state index in [4.69, 9.17) is 4.99 Å². The summed E-state index contributed by atoms with van der Waals surface area (Å²) in [6, 6.07) is 9.71. The molecule has 2 aromatic rings. The summed E-state index contributed by atoms with van der Waals surface area (Å²) in [6.45, 7) is 0.504. The molecule has 204 valence electrons. The van der Waals surface area contributed by atoms with Crippen molar-refractivity contribution in [1.29, 1.82) is 0 Å². The van der Waals surface area contributed by atoms with Crippen LogP contribution in [-0.4, -0.2) is 44.5 Å². The first kappa shape index (κ1) is 27.1. The van der Waals surface area contributed by atoms with Crippen LogP contribution < -0.4 is 10.6 Å². The molecule has 5 rings (SSSR count). The largest absolute Gasteiger partial charge is 0.416 e. The zero-order valence-electron chi connectivity index (χ0n) is 21.0. The lowest BCUT2D eigenvalue weighted by molar-refractivity contribution is -0.117. The second-order valence-electron chi connectivity index (χ2n) is 9.62. The van der Waals surface area contributed by atoms with E-state index in [9.17, 15) is 23.1 Å². The van der Waals surface area contributed by atoms with E-state index in [0.29, 0.717) is 29.5 Å². The van der Waals surface area contributed by atoms with Crippen molar-refractivity contribution in [2.75, 3.05) is 5.32 Å². The van der Waals surface area contributed by atoms with Crippen LogP contribution in [0.15, 0.2) is 70.2 Å². The molecule has 2 unspecified atom stereocenters. The van der Waals surface area contributed by atoms with Crippen molar-refractivity contribution in [3.63, 3.8) is 0 Å². The Morgan fingerprint density at radius 2 is 2.00 bits per heavy atom. The molecule has 39 heavy (non-hydrogen) atoms. The Morgan fingerprint density at radius 3 is 2.69 bits per heavy atom. The van der Waals surface area contributed by atoms with Gasteiger partial charge in [-0.2, -0.15) is 13.2 Å². The highest BCUT2D eigenvalue weighted by Crippen LogP contribution is 2.35. The summed E-state index contributed by atoms with van der Waals surface area (Å²) in [7, 11) is 0. The van der Waals surface area contributed by atoms with Crippen molar-refractivity contribution in [2.24, 2.45) is 4.99 Å². The Hall–Kier alpha value is -3.44. The Balaban J connectivity index is 1.16. The average Bonchev–Trinajstić information content (AvgIpc) is 3.24. The number of allylic oxidation sites excluding steroid dienone is 4. The van der Waals surface area contributed by atoms with E-state index in [1.807, 2.05) is 24.3 Å². The molecular formula is C28H28F3N5O2S. The summed E-state index contributed by atoms with van der Waals surface area (Å²) in [5, 5.41) is 15.3. The number of hydrogen-bond acceptors (Lipinski definition) is 7. The third-order valence-electron chi connectivity index (χ3n) is 6.92. The fraction of sp³-hybridized carbons (Fsp3) is 0.357. The van der Waals surface area contributed by atoms with Gasteiger partial charge in [0, 0.05) is 23.9 Å². The molecular weight excluding hydrogens is 527 g/mol. The topological polar surface area (TPSA) is 99.5 Å². The molecule has 2 fully saturated rings. The van der Waals surface area contributed by atoms with Gasteiger partial charge in [0.1, 0.15) is 0 Å². The summed E-state index contributed by atoms with van der Waals surface area (Å²) >= 11 is 1.04. The number of amides is 1. The van der Waals surface area contributed by atoms with Crippen LogP contribution in [0, 0.1) is 0 Å². The highest BCUT2D eigenvalue weighted by Gasteiger charge is 2.33. The number of aromatic nitrogens is 2. The van der Waals surface area contributed by atoms with Gasteiger partial charge in [0.2, 0.25) is 5.95 Å². The van der Waals surface area contributed by atoms with Crippen molar-refractivity contribution in [3.8, 4) is 0 Å². The number of carbonyl (C=O) groups is 1. The van der Waals surface area contributed by atoms with Gasteiger partial charge in [-0.3, -0.25) is 9.79 Å². The number of rotatable bonds is 6. The fourth-order valence-corrected chi connectivity index (χ4v) is 5.64.